The Hall–Kier alpha value is -4.03. The Morgan fingerprint density at radius 3 is 2.44 bits per heavy atom. The lowest BCUT2D eigenvalue weighted by Crippen LogP contribution is -2.29. The normalized spacial score (nSPS) is 12.2. The standard InChI is InChI=1S/C21H16F6N6O/c1-32-17-7-3-6-16(15(17)11-29-32)30-19(34)28-10-14-9-18(21(25,26)27)31-33(14)13-5-2-4-12(8-13)20(22,23)24/h2-9,11H,10H2,1H3,(H2,28,30,34). The number of amides is 2. The molecule has 4 aromatic rings. The van der Waals surface area contributed by atoms with Gasteiger partial charge in [0.1, 0.15) is 0 Å². The van der Waals surface area contributed by atoms with Gasteiger partial charge in [-0.15, -0.1) is 0 Å². The number of carbonyl (C=O) groups excluding carboxylic acids is 1. The van der Waals surface area contributed by atoms with Crippen molar-refractivity contribution in [2.24, 2.45) is 7.05 Å². The number of nitrogens with zero attached hydrogens (tertiary/aromatic N) is 4. The molecule has 34 heavy (non-hydrogen) atoms. The van der Waals surface area contributed by atoms with E-state index in [1.807, 2.05) is 0 Å². The van der Waals surface area contributed by atoms with E-state index in [1.54, 1.807) is 36.1 Å². The lowest BCUT2D eigenvalue weighted by molar-refractivity contribution is -0.141. The summed E-state index contributed by atoms with van der Waals surface area (Å²) in [7, 11) is 1.72. The minimum atomic E-state index is -4.83. The van der Waals surface area contributed by atoms with Gasteiger partial charge in [-0.3, -0.25) is 4.68 Å². The molecule has 0 bridgehead atoms. The fraction of sp³-hybridized carbons (Fsp3) is 0.190. The first-order valence-electron chi connectivity index (χ1n) is 9.73. The number of alkyl halides is 6. The molecule has 0 atom stereocenters. The number of benzene rings is 2. The van der Waals surface area contributed by atoms with E-state index >= 15 is 0 Å². The lowest BCUT2D eigenvalue weighted by Gasteiger charge is -2.12. The predicted octanol–water partition coefficient (Wildman–Crippen LogP) is 5.12. The van der Waals surface area contributed by atoms with Crippen molar-refractivity contribution in [2.75, 3.05) is 5.32 Å². The molecule has 0 aliphatic rings. The van der Waals surface area contributed by atoms with E-state index < -0.39 is 36.2 Å². The van der Waals surface area contributed by atoms with Crippen LogP contribution in [0, 0.1) is 0 Å². The second-order valence-electron chi connectivity index (χ2n) is 7.29. The van der Waals surface area contributed by atoms with E-state index in [0.717, 1.165) is 22.3 Å². The Kier molecular flexibility index (Phi) is 5.71. The van der Waals surface area contributed by atoms with E-state index in [4.69, 9.17) is 0 Å². The number of halogens is 6. The molecule has 0 fully saturated rings. The average molecular weight is 482 g/mol. The molecule has 0 aliphatic heterocycles. The first-order valence-corrected chi connectivity index (χ1v) is 9.73. The van der Waals surface area contributed by atoms with Crippen molar-refractivity contribution >= 4 is 22.6 Å². The number of aromatic nitrogens is 4. The lowest BCUT2D eigenvalue weighted by atomic mass is 10.2. The highest BCUT2D eigenvalue weighted by molar-refractivity contribution is 6.00. The van der Waals surface area contributed by atoms with Crippen LogP contribution in [0.25, 0.3) is 16.6 Å². The Labute approximate surface area is 188 Å². The summed E-state index contributed by atoms with van der Waals surface area (Å²) in [6.45, 7) is -0.436. The summed E-state index contributed by atoms with van der Waals surface area (Å²) in [6, 6.07) is 8.76. The van der Waals surface area contributed by atoms with Crippen LogP contribution < -0.4 is 10.6 Å². The van der Waals surface area contributed by atoms with Crippen molar-refractivity contribution in [1.29, 1.82) is 0 Å². The molecule has 2 aromatic heterocycles. The van der Waals surface area contributed by atoms with E-state index in [-0.39, 0.29) is 11.4 Å². The number of nitrogens with one attached hydrogen (secondary N) is 2. The minimum Gasteiger partial charge on any atom is -0.332 e. The first-order chi connectivity index (χ1) is 15.9. The molecule has 2 aromatic carbocycles. The highest BCUT2D eigenvalue weighted by Crippen LogP contribution is 2.32. The van der Waals surface area contributed by atoms with Crippen molar-refractivity contribution in [3.63, 3.8) is 0 Å². The van der Waals surface area contributed by atoms with Crippen LogP contribution in [-0.2, 0) is 25.9 Å². The molecule has 0 radical (unpaired) electrons. The van der Waals surface area contributed by atoms with Crippen molar-refractivity contribution in [1.82, 2.24) is 24.9 Å². The molecular formula is C21H16F6N6O. The topological polar surface area (TPSA) is 76.8 Å². The number of hydrogen-bond acceptors (Lipinski definition) is 3. The number of aryl methyl sites for hydroxylation is 1. The molecule has 7 nitrogen and oxygen atoms in total. The van der Waals surface area contributed by atoms with E-state index in [0.29, 0.717) is 23.2 Å². The van der Waals surface area contributed by atoms with Crippen LogP contribution in [0.15, 0.2) is 54.7 Å². The maximum Gasteiger partial charge on any atom is 0.435 e. The second kappa shape index (κ2) is 8.39. The summed E-state index contributed by atoms with van der Waals surface area (Å²) in [5.74, 6) is 0. The summed E-state index contributed by atoms with van der Waals surface area (Å²) in [6.07, 6.45) is -7.98. The molecule has 0 aliphatic carbocycles. The third kappa shape index (κ3) is 4.67. The number of fused-ring (bicyclic) bond motifs is 1. The summed E-state index contributed by atoms with van der Waals surface area (Å²) in [5, 5.41) is 13.2. The van der Waals surface area contributed by atoms with Gasteiger partial charge < -0.3 is 10.6 Å². The Balaban J connectivity index is 1.59. The van der Waals surface area contributed by atoms with Gasteiger partial charge in [0.25, 0.3) is 0 Å². The Bertz CT molecular complexity index is 1350. The monoisotopic (exact) mass is 482 g/mol. The van der Waals surface area contributed by atoms with Crippen LogP contribution in [0.2, 0.25) is 0 Å². The summed E-state index contributed by atoms with van der Waals surface area (Å²) < 4.78 is 81.3. The molecule has 0 saturated heterocycles. The quantitative estimate of drug-likeness (QED) is 0.397. The van der Waals surface area contributed by atoms with Crippen LogP contribution in [0.4, 0.5) is 36.8 Å². The highest BCUT2D eigenvalue weighted by Gasteiger charge is 2.36. The first kappa shape index (κ1) is 23.1. The molecule has 2 heterocycles. The molecule has 13 heteroatoms. The second-order valence-corrected chi connectivity index (χ2v) is 7.29. The van der Waals surface area contributed by atoms with Gasteiger partial charge in [0.05, 0.1) is 40.9 Å². The Morgan fingerprint density at radius 1 is 1.00 bits per heavy atom. The summed E-state index contributed by atoms with van der Waals surface area (Å²) in [5.41, 5.74) is -1.58. The number of rotatable bonds is 4. The van der Waals surface area contributed by atoms with Crippen molar-refractivity contribution in [2.45, 2.75) is 18.9 Å². The minimum absolute atomic E-state index is 0.165. The third-order valence-corrected chi connectivity index (χ3v) is 4.96. The molecular weight excluding hydrogens is 466 g/mol. The largest absolute Gasteiger partial charge is 0.435 e. The SMILES string of the molecule is Cn1ncc2c(NC(=O)NCc3cc(C(F)(F)F)nn3-c3cccc(C(F)(F)F)c3)cccc21. The van der Waals surface area contributed by atoms with E-state index in [9.17, 15) is 31.1 Å². The fourth-order valence-electron chi connectivity index (χ4n) is 3.35. The zero-order chi connectivity index (χ0) is 24.7. The molecule has 0 unspecified atom stereocenters. The number of anilines is 1. The highest BCUT2D eigenvalue weighted by atomic mass is 19.4. The molecule has 2 amide bonds. The molecule has 4 rings (SSSR count). The number of hydrogen-bond donors (Lipinski definition) is 2. The van der Waals surface area contributed by atoms with Crippen LogP contribution in [0.3, 0.4) is 0 Å². The number of carbonyl (C=O) groups is 1. The maximum atomic E-state index is 13.2. The predicted molar refractivity (Wildman–Crippen MR) is 110 cm³/mol. The van der Waals surface area contributed by atoms with Crippen LogP contribution in [0.1, 0.15) is 17.0 Å². The summed E-state index contributed by atoms with van der Waals surface area (Å²) >= 11 is 0. The smallest absolute Gasteiger partial charge is 0.332 e. The van der Waals surface area contributed by atoms with Crippen molar-refractivity contribution in [3.8, 4) is 5.69 Å². The van der Waals surface area contributed by atoms with Gasteiger partial charge >= 0.3 is 18.4 Å². The maximum absolute atomic E-state index is 13.2. The van der Waals surface area contributed by atoms with Gasteiger partial charge in [-0.2, -0.15) is 36.5 Å². The van der Waals surface area contributed by atoms with E-state index in [2.05, 4.69) is 20.8 Å². The van der Waals surface area contributed by atoms with Gasteiger partial charge in [-0.05, 0) is 36.4 Å². The molecule has 0 spiro atoms. The molecule has 2 N–H and O–H groups in total. The van der Waals surface area contributed by atoms with Crippen LogP contribution >= 0.6 is 0 Å². The Morgan fingerprint density at radius 2 is 1.74 bits per heavy atom. The molecule has 178 valence electrons. The third-order valence-electron chi connectivity index (χ3n) is 4.96. The molecule has 0 saturated carbocycles. The zero-order valence-electron chi connectivity index (χ0n) is 17.4. The fourth-order valence-corrected chi connectivity index (χ4v) is 3.35. The van der Waals surface area contributed by atoms with E-state index in [1.165, 1.54) is 6.07 Å². The zero-order valence-corrected chi connectivity index (χ0v) is 17.4. The number of urea groups is 1. The van der Waals surface area contributed by atoms with Crippen LogP contribution in [-0.4, -0.2) is 25.6 Å². The van der Waals surface area contributed by atoms with Gasteiger partial charge in [-0.25, -0.2) is 9.48 Å². The van der Waals surface area contributed by atoms with Gasteiger partial charge in [0.15, 0.2) is 5.69 Å². The van der Waals surface area contributed by atoms with Crippen molar-refractivity contribution in [3.05, 3.63) is 71.7 Å². The summed E-state index contributed by atoms with van der Waals surface area (Å²) in [4.78, 5) is 12.4. The van der Waals surface area contributed by atoms with Gasteiger partial charge in [0, 0.05) is 12.4 Å². The van der Waals surface area contributed by atoms with Crippen molar-refractivity contribution < 1.29 is 31.1 Å². The van der Waals surface area contributed by atoms with Gasteiger partial charge in [0.2, 0.25) is 0 Å². The van der Waals surface area contributed by atoms with Crippen LogP contribution in [0.5, 0.6) is 0 Å². The average Bonchev–Trinajstić information content (AvgIpc) is 3.37. The van der Waals surface area contributed by atoms with Gasteiger partial charge in [-0.1, -0.05) is 12.1 Å².